The molecule has 0 saturated heterocycles. The van der Waals surface area contributed by atoms with E-state index < -0.39 is 23.2 Å². The van der Waals surface area contributed by atoms with E-state index in [4.69, 9.17) is 11.6 Å². The zero-order valence-corrected chi connectivity index (χ0v) is 12.6. The van der Waals surface area contributed by atoms with Crippen molar-refractivity contribution in [3.8, 4) is 11.1 Å². The summed E-state index contributed by atoms with van der Waals surface area (Å²) in [4.78, 5) is 0. The standard InChI is InChI=1S/C15H9ClF4N4/c16-9-3-1-8(2-4-9)10-5-6-11(17)14(13(10)15(18,19)20)22-12-7-21-24-23-12/h1-7H,(H2,21,22,23,24). The number of nitrogens with zero attached hydrogens (tertiary/aromatic N) is 2. The summed E-state index contributed by atoms with van der Waals surface area (Å²) < 4.78 is 54.9. The molecule has 0 spiro atoms. The molecule has 0 aliphatic rings. The second-order valence-corrected chi connectivity index (χ2v) is 5.27. The number of alkyl halides is 3. The SMILES string of the molecule is Fc1ccc(-c2ccc(Cl)cc2)c(C(F)(F)F)c1Nc1cn[nH]n1. The van der Waals surface area contributed by atoms with Gasteiger partial charge in [-0.05, 0) is 29.3 Å². The molecular formula is C15H9ClF4N4. The van der Waals surface area contributed by atoms with Crippen molar-refractivity contribution in [2.24, 2.45) is 0 Å². The summed E-state index contributed by atoms with van der Waals surface area (Å²) in [5.41, 5.74) is -1.77. The molecule has 0 unspecified atom stereocenters. The van der Waals surface area contributed by atoms with Crippen LogP contribution in [0.3, 0.4) is 0 Å². The van der Waals surface area contributed by atoms with Gasteiger partial charge in [0.15, 0.2) is 5.82 Å². The van der Waals surface area contributed by atoms with E-state index in [1.807, 2.05) is 0 Å². The van der Waals surface area contributed by atoms with E-state index in [2.05, 4.69) is 20.7 Å². The van der Waals surface area contributed by atoms with Gasteiger partial charge in [0, 0.05) is 5.02 Å². The van der Waals surface area contributed by atoms with Crippen LogP contribution in [0.5, 0.6) is 0 Å². The van der Waals surface area contributed by atoms with Gasteiger partial charge >= 0.3 is 6.18 Å². The maximum Gasteiger partial charge on any atom is 0.419 e. The summed E-state index contributed by atoms with van der Waals surface area (Å²) in [5, 5.41) is 12.0. The highest BCUT2D eigenvalue weighted by Gasteiger charge is 2.38. The summed E-state index contributed by atoms with van der Waals surface area (Å²) in [5.74, 6) is -1.09. The van der Waals surface area contributed by atoms with Gasteiger partial charge in [0.25, 0.3) is 0 Å². The van der Waals surface area contributed by atoms with E-state index in [-0.39, 0.29) is 16.9 Å². The zero-order valence-electron chi connectivity index (χ0n) is 11.8. The number of H-pyrrole nitrogens is 1. The Morgan fingerprint density at radius 1 is 1.04 bits per heavy atom. The Kier molecular flexibility index (Phi) is 4.15. The first-order valence-electron chi connectivity index (χ1n) is 6.64. The molecule has 24 heavy (non-hydrogen) atoms. The quantitative estimate of drug-likeness (QED) is 0.647. The molecule has 1 aromatic heterocycles. The van der Waals surface area contributed by atoms with Crippen LogP contribution in [0.25, 0.3) is 11.1 Å². The Morgan fingerprint density at radius 3 is 2.33 bits per heavy atom. The summed E-state index contributed by atoms with van der Waals surface area (Å²) in [6.45, 7) is 0. The van der Waals surface area contributed by atoms with Crippen LogP contribution >= 0.6 is 11.6 Å². The number of hydrogen-bond acceptors (Lipinski definition) is 3. The molecule has 3 rings (SSSR count). The minimum absolute atomic E-state index is 0.0346. The van der Waals surface area contributed by atoms with E-state index in [1.165, 1.54) is 24.3 Å². The van der Waals surface area contributed by atoms with Crippen LogP contribution < -0.4 is 5.32 Å². The van der Waals surface area contributed by atoms with Crippen molar-refractivity contribution in [3.63, 3.8) is 0 Å². The maximum absolute atomic E-state index is 14.1. The summed E-state index contributed by atoms with van der Waals surface area (Å²) >= 11 is 5.77. The van der Waals surface area contributed by atoms with E-state index in [9.17, 15) is 17.6 Å². The normalized spacial score (nSPS) is 11.5. The molecule has 0 amide bonds. The van der Waals surface area contributed by atoms with Crippen molar-refractivity contribution >= 4 is 23.1 Å². The lowest BCUT2D eigenvalue weighted by Crippen LogP contribution is -2.12. The van der Waals surface area contributed by atoms with Gasteiger partial charge in [-0.3, -0.25) is 0 Å². The van der Waals surface area contributed by atoms with Crippen LogP contribution in [-0.4, -0.2) is 15.4 Å². The number of rotatable bonds is 3. The lowest BCUT2D eigenvalue weighted by molar-refractivity contribution is -0.136. The Morgan fingerprint density at radius 2 is 1.75 bits per heavy atom. The highest BCUT2D eigenvalue weighted by Crippen LogP contribution is 2.43. The van der Waals surface area contributed by atoms with Gasteiger partial charge < -0.3 is 5.32 Å². The molecule has 0 aliphatic heterocycles. The molecule has 3 aromatic rings. The van der Waals surface area contributed by atoms with Crippen molar-refractivity contribution in [2.75, 3.05) is 5.32 Å². The fourth-order valence-corrected chi connectivity index (χ4v) is 2.38. The summed E-state index contributed by atoms with van der Waals surface area (Å²) in [7, 11) is 0. The first-order valence-corrected chi connectivity index (χ1v) is 7.02. The van der Waals surface area contributed by atoms with E-state index in [0.29, 0.717) is 5.02 Å². The average Bonchev–Trinajstić information content (AvgIpc) is 3.02. The van der Waals surface area contributed by atoms with Crippen LogP contribution in [0, 0.1) is 5.82 Å². The van der Waals surface area contributed by atoms with Gasteiger partial charge in [-0.25, -0.2) is 4.39 Å². The third-order valence-corrected chi connectivity index (χ3v) is 3.51. The van der Waals surface area contributed by atoms with Crippen molar-refractivity contribution in [1.29, 1.82) is 0 Å². The highest BCUT2D eigenvalue weighted by atomic mass is 35.5. The van der Waals surface area contributed by atoms with Crippen molar-refractivity contribution < 1.29 is 17.6 Å². The molecule has 0 bridgehead atoms. The van der Waals surface area contributed by atoms with Crippen LogP contribution in [0.1, 0.15) is 5.56 Å². The fourth-order valence-electron chi connectivity index (χ4n) is 2.25. The number of nitrogens with one attached hydrogen (secondary N) is 2. The first kappa shape index (κ1) is 16.3. The molecule has 2 aromatic carbocycles. The predicted molar refractivity (Wildman–Crippen MR) is 81.5 cm³/mol. The third-order valence-electron chi connectivity index (χ3n) is 3.26. The number of aromatic amines is 1. The Bertz CT molecular complexity index is 845. The minimum Gasteiger partial charge on any atom is -0.334 e. The van der Waals surface area contributed by atoms with Crippen LogP contribution in [0.15, 0.2) is 42.6 Å². The van der Waals surface area contributed by atoms with E-state index in [1.54, 1.807) is 0 Å². The van der Waals surface area contributed by atoms with Crippen LogP contribution in [0.2, 0.25) is 5.02 Å². The average molecular weight is 357 g/mol. The Labute approximate surface area is 138 Å². The molecule has 0 atom stereocenters. The molecule has 0 radical (unpaired) electrons. The summed E-state index contributed by atoms with van der Waals surface area (Å²) in [6, 6.07) is 7.84. The van der Waals surface area contributed by atoms with Crippen LogP contribution in [-0.2, 0) is 6.18 Å². The van der Waals surface area contributed by atoms with Gasteiger partial charge in [0.1, 0.15) is 5.82 Å². The molecule has 0 aliphatic carbocycles. The molecular weight excluding hydrogens is 348 g/mol. The minimum atomic E-state index is -4.79. The number of hydrogen-bond donors (Lipinski definition) is 2. The maximum atomic E-state index is 14.1. The topological polar surface area (TPSA) is 53.6 Å². The number of anilines is 2. The van der Waals surface area contributed by atoms with E-state index in [0.717, 1.165) is 18.3 Å². The Balaban J connectivity index is 2.21. The van der Waals surface area contributed by atoms with Crippen LogP contribution in [0.4, 0.5) is 29.1 Å². The Hall–Kier alpha value is -2.61. The number of halogens is 5. The third kappa shape index (κ3) is 3.18. The molecule has 9 heteroatoms. The van der Waals surface area contributed by atoms with Crippen molar-refractivity contribution in [2.45, 2.75) is 6.18 Å². The van der Waals surface area contributed by atoms with Crippen molar-refractivity contribution in [3.05, 3.63) is 59.0 Å². The molecule has 2 N–H and O–H groups in total. The second-order valence-electron chi connectivity index (χ2n) is 4.83. The molecule has 4 nitrogen and oxygen atoms in total. The lowest BCUT2D eigenvalue weighted by Gasteiger charge is -2.18. The molecule has 0 saturated carbocycles. The monoisotopic (exact) mass is 356 g/mol. The first-order chi connectivity index (χ1) is 11.4. The molecule has 1 heterocycles. The van der Waals surface area contributed by atoms with Gasteiger partial charge in [0.05, 0.1) is 17.4 Å². The highest BCUT2D eigenvalue weighted by molar-refractivity contribution is 6.30. The largest absolute Gasteiger partial charge is 0.419 e. The van der Waals surface area contributed by atoms with Gasteiger partial charge in [-0.2, -0.15) is 23.5 Å². The number of benzene rings is 2. The number of aromatic nitrogens is 3. The van der Waals surface area contributed by atoms with Crippen molar-refractivity contribution in [1.82, 2.24) is 15.4 Å². The van der Waals surface area contributed by atoms with Gasteiger partial charge in [-0.15, -0.1) is 5.10 Å². The van der Waals surface area contributed by atoms with Gasteiger partial charge in [-0.1, -0.05) is 29.8 Å². The predicted octanol–water partition coefficient (Wildman–Crippen LogP) is 5.03. The lowest BCUT2D eigenvalue weighted by atomic mass is 9.97. The van der Waals surface area contributed by atoms with E-state index >= 15 is 0 Å². The summed E-state index contributed by atoms with van der Waals surface area (Å²) in [6.07, 6.45) is -3.64. The van der Waals surface area contributed by atoms with Gasteiger partial charge in [0.2, 0.25) is 0 Å². The molecule has 0 fully saturated rings. The second kappa shape index (κ2) is 6.12. The zero-order chi connectivity index (χ0) is 17.3. The molecule has 124 valence electrons. The smallest absolute Gasteiger partial charge is 0.334 e. The fraction of sp³-hybridized carbons (Fsp3) is 0.0667.